The Balaban J connectivity index is 2.11. The maximum atomic E-state index is 12.6. The second-order valence-corrected chi connectivity index (χ2v) is 7.04. The first-order chi connectivity index (χ1) is 9.05. The van der Waals surface area contributed by atoms with Gasteiger partial charge in [-0.05, 0) is 25.7 Å². The Morgan fingerprint density at radius 1 is 1.16 bits per heavy atom. The molecular formula is C12H22N2O4S. The van der Waals surface area contributed by atoms with E-state index in [0.29, 0.717) is 19.6 Å². The Labute approximate surface area is 114 Å². The summed E-state index contributed by atoms with van der Waals surface area (Å²) in [5, 5.41) is 0. The minimum atomic E-state index is -3.41. The summed E-state index contributed by atoms with van der Waals surface area (Å²) < 4.78 is 32.9. The van der Waals surface area contributed by atoms with Gasteiger partial charge >= 0.3 is 5.97 Å². The molecule has 0 bridgehead atoms. The molecule has 1 unspecified atom stereocenters. The van der Waals surface area contributed by atoms with Crippen LogP contribution < -0.4 is 0 Å². The molecule has 19 heavy (non-hydrogen) atoms. The van der Waals surface area contributed by atoms with Gasteiger partial charge in [0.05, 0.1) is 13.5 Å². The van der Waals surface area contributed by atoms with E-state index in [2.05, 4.69) is 4.74 Å². The van der Waals surface area contributed by atoms with Gasteiger partial charge in [0.15, 0.2) is 0 Å². The number of rotatable bonds is 4. The first-order valence-corrected chi connectivity index (χ1v) is 8.29. The van der Waals surface area contributed by atoms with Gasteiger partial charge in [-0.2, -0.15) is 17.0 Å². The van der Waals surface area contributed by atoms with E-state index in [9.17, 15) is 13.2 Å². The van der Waals surface area contributed by atoms with Crippen molar-refractivity contribution in [3.05, 3.63) is 0 Å². The molecule has 2 aliphatic rings. The van der Waals surface area contributed by atoms with E-state index in [-0.39, 0.29) is 18.4 Å². The van der Waals surface area contributed by atoms with Crippen molar-refractivity contribution in [2.24, 2.45) is 0 Å². The number of hydrogen-bond acceptors (Lipinski definition) is 4. The molecule has 0 aromatic carbocycles. The maximum absolute atomic E-state index is 12.6. The number of carbonyl (C=O) groups is 1. The number of hydrogen-bond donors (Lipinski definition) is 0. The van der Waals surface area contributed by atoms with Crippen molar-refractivity contribution in [3.63, 3.8) is 0 Å². The Hall–Kier alpha value is -0.660. The first-order valence-electron chi connectivity index (χ1n) is 6.89. The predicted octanol–water partition coefficient (Wildman–Crippen LogP) is 0.745. The molecular weight excluding hydrogens is 268 g/mol. The molecule has 0 N–H and O–H groups in total. The summed E-state index contributed by atoms with van der Waals surface area (Å²) in [5.74, 6) is -0.339. The zero-order valence-electron chi connectivity index (χ0n) is 11.4. The molecule has 0 aliphatic carbocycles. The molecule has 2 rings (SSSR count). The molecule has 0 amide bonds. The zero-order chi connectivity index (χ0) is 13.9. The van der Waals surface area contributed by atoms with Crippen LogP contribution in [0.3, 0.4) is 0 Å². The number of nitrogens with zero attached hydrogens (tertiary/aromatic N) is 2. The number of methoxy groups -OCH3 is 1. The fraction of sp³-hybridized carbons (Fsp3) is 0.917. The molecule has 2 heterocycles. The first kappa shape index (κ1) is 14.7. The highest BCUT2D eigenvalue weighted by atomic mass is 32.2. The van der Waals surface area contributed by atoms with Gasteiger partial charge in [0.1, 0.15) is 0 Å². The quantitative estimate of drug-likeness (QED) is 0.716. The molecule has 2 saturated heterocycles. The highest BCUT2D eigenvalue weighted by molar-refractivity contribution is 7.86. The summed E-state index contributed by atoms with van der Waals surface area (Å²) in [6.45, 7) is 1.72. The Bertz CT molecular complexity index is 417. The van der Waals surface area contributed by atoms with Gasteiger partial charge in [-0.1, -0.05) is 6.42 Å². The molecule has 2 aliphatic heterocycles. The Morgan fingerprint density at radius 3 is 2.42 bits per heavy atom. The number of piperidine rings is 1. The lowest BCUT2D eigenvalue weighted by atomic mass is 10.0. The van der Waals surface area contributed by atoms with Crippen LogP contribution in [0.5, 0.6) is 0 Å². The van der Waals surface area contributed by atoms with Gasteiger partial charge in [-0.3, -0.25) is 4.79 Å². The fourth-order valence-corrected chi connectivity index (χ4v) is 4.76. The zero-order valence-corrected chi connectivity index (χ0v) is 12.2. The normalized spacial score (nSPS) is 26.5. The molecule has 0 aromatic heterocycles. The predicted molar refractivity (Wildman–Crippen MR) is 70.7 cm³/mol. The highest BCUT2D eigenvalue weighted by Crippen LogP contribution is 2.26. The van der Waals surface area contributed by atoms with E-state index < -0.39 is 10.2 Å². The van der Waals surface area contributed by atoms with Crippen molar-refractivity contribution in [3.8, 4) is 0 Å². The maximum Gasteiger partial charge on any atom is 0.307 e. The molecule has 110 valence electrons. The number of carbonyl (C=O) groups excluding carboxylic acids is 1. The third-order valence-electron chi connectivity index (χ3n) is 3.89. The summed E-state index contributed by atoms with van der Waals surface area (Å²) in [5.41, 5.74) is 0. The lowest BCUT2D eigenvalue weighted by molar-refractivity contribution is -0.141. The second-order valence-electron chi connectivity index (χ2n) is 5.15. The van der Waals surface area contributed by atoms with Crippen molar-refractivity contribution in [1.29, 1.82) is 0 Å². The van der Waals surface area contributed by atoms with Crippen LogP contribution in [0.25, 0.3) is 0 Å². The minimum Gasteiger partial charge on any atom is -0.469 e. The summed E-state index contributed by atoms with van der Waals surface area (Å²) in [4.78, 5) is 11.4. The Morgan fingerprint density at radius 2 is 1.79 bits per heavy atom. The summed E-state index contributed by atoms with van der Waals surface area (Å²) in [7, 11) is -2.07. The monoisotopic (exact) mass is 290 g/mol. The van der Waals surface area contributed by atoms with Gasteiger partial charge in [-0.25, -0.2) is 0 Å². The van der Waals surface area contributed by atoms with E-state index in [4.69, 9.17) is 0 Å². The molecule has 2 fully saturated rings. The summed E-state index contributed by atoms with van der Waals surface area (Å²) >= 11 is 0. The van der Waals surface area contributed by atoms with Crippen molar-refractivity contribution in [2.45, 2.75) is 44.6 Å². The highest BCUT2D eigenvalue weighted by Gasteiger charge is 2.38. The van der Waals surface area contributed by atoms with Gasteiger partial charge in [0.25, 0.3) is 10.2 Å². The van der Waals surface area contributed by atoms with Gasteiger partial charge in [0.2, 0.25) is 0 Å². The van der Waals surface area contributed by atoms with Crippen LogP contribution >= 0.6 is 0 Å². The van der Waals surface area contributed by atoms with Gasteiger partial charge < -0.3 is 4.74 Å². The lowest BCUT2D eigenvalue weighted by Crippen LogP contribution is -2.50. The van der Waals surface area contributed by atoms with Crippen molar-refractivity contribution in [2.75, 3.05) is 26.7 Å². The standard InChI is InChI=1S/C12H22N2O4S/c1-18-12(15)10-11-6-2-3-9-14(11)19(16,17)13-7-4-5-8-13/h11H,2-10H2,1H3. The largest absolute Gasteiger partial charge is 0.469 e. The lowest BCUT2D eigenvalue weighted by Gasteiger charge is -2.36. The van der Waals surface area contributed by atoms with Crippen LogP contribution in [-0.4, -0.2) is 55.8 Å². The molecule has 0 radical (unpaired) electrons. The average molecular weight is 290 g/mol. The van der Waals surface area contributed by atoms with Crippen molar-refractivity contribution in [1.82, 2.24) is 8.61 Å². The third-order valence-corrected chi connectivity index (χ3v) is 5.98. The molecule has 0 spiro atoms. The van der Waals surface area contributed by atoms with Crippen LogP contribution in [0.1, 0.15) is 38.5 Å². The average Bonchev–Trinajstić information content (AvgIpc) is 2.93. The fourth-order valence-electron chi connectivity index (χ4n) is 2.82. The van der Waals surface area contributed by atoms with E-state index in [1.807, 2.05) is 0 Å². The topological polar surface area (TPSA) is 66.9 Å². The van der Waals surface area contributed by atoms with E-state index in [1.54, 1.807) is 4.31 Å². The number of ether oxygens (including phenoxy) is 1. The molecule has 6 nitrogen and oxygen atoms in total. The van der Waals surface area contributed by atoms with Crippen molar-refractivity contribution < 1.29 is 17.9 Å². The van der Waals surface area contributed by atoms with Crippen LogP contribution in [0.15, 0.2) is 0 Å². The van der Waals surface area contributed by atoms with E-state index in [1.165, 1.54) is 11.4 Å². The van der Waals surface area contributed by atoms with E-state index >= 15 is 0 Å². The van der Waals surface area contributed by atoms with Crippen LogP contribution in [0.4, 0.5) is 0 Å². The van der Waals surface area contributed by atoms with Gasteiger partial charge in [0, 0.05) is 25.7 Å². The van der Waals surface area contributed by atoms with Crippen LogP contribution in [0, 0.1) is 0 Å². The summed E-state index contributed by atoms with van der Waals surface area (Å²) in [6, 6.07) is -0.244. The SMILES string of the molecule is COC(=O)CC1CCCCN1S(=O)(=O)N1CCCC1. The molecule has 1 atom stereocenters. The van der Waals surface area contributed by atoms with Crippen LogP contribution in [0.2, 0.25) is 0 Å². The smallest absolute Gasteiger partial charge is 0.307 e. The second kappa shape index (κ2) is 6.19. The molecule has 0 saturated carbocycles. The van der Waals surface area contributed by atoms with E-state index in [0.717, 1.165) is 32.1 Å². The molecule has 7 heteroatoms. The molecule has 0 aromatic rings. The number of esters is 1. The third kappa shape index (κ3) is 3.27. The Kier molecular flexibility index (Phi) is 4.81. The van der Waals surface area contributed by atoms with Crippen LogP contribution in [-0.2, 0) is 19.7 Å². The minimum absolute atomic E-state index is 0.156. The van der Waals surface area contributed by atoms with Crippen molar-refractivity contribution >= 4 is 16.2 Å². The summed E-state index contributed by atoms with van der Waals surface area (Å²) in [6.07, 6.45) is 4.58. The van der Waals surface area contributed by atoms with Gasteiger partial charge in [-0.15, -0.1) is 0 Å².